The normalized spacial score (nSPS) is 20.3. The van der Waals surface area contributed by atoms with E-state index in [1.165, 1.54) is 11.8 Å². The van der Waals surface area contributed by atoms with Crippen molar-refractivity contribution < 1.29 is 23.4 Å². The molecular weight excluding hydrogens is 376 g/mol. The highest BCUT2D eigenvalue weighted by Gasteiger charge is 2.43. The van der Waals surface area contributed by atoms with Crippen molar-refractivity contribution in [2.24, 2.45) is 0 Å². The maximum atomic E-state index is 14.2. The first-order chi connectivity index (χ1) is 12.9. The van der Waals surface area contributed by atoms with Gasteiger partial charge in [-0.3, -0.25) is 4.79 Å². The predicted octanol–water partition coefficient (Wildman–Crippen LogP) is 2.39. The van der Waals surface area contributed by atoms with Crippen molar-refractivity contribution in [3.63, 3.8) is 0 Å². The Bertz CT molecular complexity index is 923. The van der Waals surface area contributed by atoms with Gasteiger partial charge in [0.25, 0.3) is 11.8 Å². The molecule has 2 N–H and O–H groups in total. The molecule has 0 saturated heterocycles. The first-order valence-corrected chi connectivity index (χ1v) is 9.68. The van der Waals surface area contributed by atoms with Crippen LogP contribution >= 0.6 is 11.8 Å². The summed E-state index contributed by atoms with van der Waals surface area (Å²) in [6.45, 7) is -0.0687. The molecule has 1 amide bonds. The van der Waals surface area contributed by atoms with Crippen molar-refractivity contribution in [1.29, 1.82) is 0 Å². The highest BCUT2D eigenvalue weighted by Crippen LogP contribution is 2.44. The first kappa shape index (κ1) is 18.1. The second-order valence-corrected chi connectivity index (χ2v) is 7.21. The Morgan fingerprint density at radius 1 is 1.41 bits per heavy atom. The quantitative estimate of drug-likeness (QED) is 0.615. The van der Waals surface area contributed by atoms with E-state index in [9.17, 15) is 18.7 Å². The van der Waals surface area contributed by atoms with E-state index in [1.54, 1.807) is 24.5 Å². The van der Waals surface area contributed by atoms with E-state index in [-0.39, 0.29) is 42.8 Å². The number of aliphatic hydroxyl groups excluding tert-OH is 1. The molecular formula is C18H17F2N3O3S. The van der Waals surface area contributed by atoms with E-state index in [4.69, 9.17) is 4.74 Å². The number of rotatable bonds is 3. The van der Waals surface area contributed by atoms with Crippen LogP contribution in [0, 0.1) is 0 Å². The summed E-state index contributed by atoms with van der Waals surface area (Å²) in [5.41, 5.74) is 1.54. The molecule has 9 heteroatoms. The Morgan fingerprint density at radius 3 is 2.96 bits per heavy atom. The van der Waals surface area contributed by atoms with Crippen LogP contribution in [0.25, 0.3) is 11.3 Å². The molecule has 142 valence electrons. The molecule has 2 aliphatic rings. The molecule has 1 aromatic carbocycles. The first-order valence-electron chi connectivity index (χ1n) is 8.46. The van der Waals surface area contributed by atoms with E-state index in [1.807, 2.05) is 0 Å². The van der Waals surface area contributed by atoms with Gasteiger partial charge in [0.2, 0.25) is 0 Å². The average Bonchev–Trinajstić information content (AvgIpc) is 2.88. The number of carbonyl (C=O) groups is 1. The number of halogens is 2. The standard InChI is InChI=1S/C18H17F2N3O3S/c1-27-17-22-14(12-4-5-18(19,20)15(12)23-17)9-2-3-11-13(6-9)26-10(8-24)7-21-16(11)25/h2-3,6,10,24H,4-5,7-8H2,1H3,(H,21,25). The van der Waals surface area contributed by atoms with E-state index in [0.29, 0.717) is 28.1 Å². The number of aromatic nitrogens is 2. The Kier molecular flexibility index (Phi) is 4.51. The fourth-order valence-corrected chi connectivity index (χ4v) is 3.68. The van der Waals surface area contributed by atoms with Crippen LogP contribution in [0.1, 0.15) is 28.0 Å². The second kappa shape index (κ2) is 6.72. The van der Waals surface area contributed by atoms with Gasteiger partial charge in [-0.2, -0.15) is 8.78 Å². The molecule has 0 saturated carbocycles. The van der Waals surface area contributed by atoms with Gasteiger partial charge in [0.1, 0.15) is 17.5 Å². The third kappa shape index (κ3) is 3.14. The smallest absolute Gasteiger partial charge is 0.290 e. The van der Waals surface area contributed by atoms with Gasteiger partial charge in [-0.05, 0) is 24.8 Å². The summed E-state index contributed by atoms with van der Waals surface area (Å²) < 4.78 is 34.2. The van der Waals surface area contributed by atoms with Gasteiger partial charge in [0, 0.05) is 17.5 Å². The molecule has 1 aliphatic heterocycles. The Balaban J connectivity index is 1.85. The largest absolute Gasteiger partial charge is 0.485 e. The monoisotopic (exact) mass is 393 g/mol. The van der Waals surface area contributed by atoms with Gasteiger partial charge in [0.05, 0.1) is 24.4 Å². The molecule has 1 unspecified atom stereocenters. The van der Waals surface area contributed by atoms with Crippen molar-refractivity contribution in [2.45, 2.75) is 30.0 Å². The van der Waals surface area contributed by atoms with Gasteiger partial charge in [0.15, 0.2) is 5.16 Å². The fourth-order valence-electron chi connectivity index (χ4n) is 3.31. The molecule has 1 atom stereocenters. The Labute approximate surface area is 158 Å². The maximum absolute atomic E-state index is 14.2. The van der Waals surface area contributed by atoms with Crippen LogP contribution < -0.4 is 10.1 Å². The van der Waals surface area contributed by atoms with Crippen LogP contribution in [0.15, 0.2) is 23.4 Å². The van der Waals surface area contributed by atoms with E-state index in [0.717, 1.165) is 0 Å². The molecule has 0 radical (unpaired) electrons. The van der Waals surface area contributed by atoms with Gasteiger partial charge in [-0.15, -0.1) is 0 Å². The van der Waals surface area contributed by atoms with Crippen LogP contribution in [-0.2, 0) is 12.3 Å². The van der Waals surface area contributed by atoms with Crippen molar-refractivity contribution in [3.05, 3.63) is 35.0 Å². The minimum absolute atomic E-state index is 0.185. The molecule has 2 aromatic rings. The van der Waals surface area contributed by atoms with Crippen LogP contribution in [0.4, 0.5) is 8.78 Å². The van der Waals surface area contributed by atoms with Crippen LogP contribution in [-0.4, -0.2) is 46.5 Å². The molecule has 4 rings (SSSR count). The summed E-state index contributed by atoms with van der Waals surface area (Å²) in [6.07, 6.45) is 1.05. The molecule has 0 bridgehead atoms. The molecule has 6 nitrogen and oxygen atoms in total. The van der Waals surface area contributed by atoms with Crippen molar-refractivity contribution in [1.82, 2.24) is 15.3 Å². The zero-order valence-electron chi connectivity index (χ0n) is 14.5. The highest BCUT2D eigenvalue weighted by atomic mass is 32.2. The zero-order chi connectivity index (χ0) is 19.2. The summed E-state index contributed by atoms with van der Waals surface area (Å²) in [7, 11) is 0. The number of benzene rings is 1. The topological polar surface area (TPSA) is 84.3 Å². The van der Waals surface area contributed by atoms with Crippen LogP contribution in [0.2, 0.25) is 0 Å². The lowest BCUT2D eigenvalue weighted by Gasteiger charge is -2.16. The third-order valence-corrected chi connectivity index (χ3v) is 5.24. The summed E-state index contributed by atoms with van der Waals surface area (Å²) in [5, 5.41) is 12.3. The lowest BCUT2D eigenvalue weighted by molar-refractivity contribution is -0.00651. The number of fused-ring (bicyclic) bond motifs is 2. The lowest BCUT2D eigenvalue weighted by atomic mass is 10.0. The second-order valence-electron chi connectivity index (χ2n) is 6.43. The van der Waals surface area contributed by atoms with Crippen molar-refractivity contribution in [3.8, 4) is 17.0 Å². The Hall–Kier alpha value is -2.26. The number of hydrogen-bond acceptors (Lipinski definition) is 6. The molecule has 2 heterocycles. The van der Waals surface area contributed by atoms with Crippen LogP contribution in [0.5, 0.6) is 5.75 Å². The molecule has 1 aromatic heterocycles. The number of hydrogen-bond donors (Lipinski definition) is 2. The van der Waals surface area contributed by atoms with E-state index >= 15 is 0 Å². The minimum atomic E-state index is -2.97. The van der Waals surface area contributed by atoms with Gasteiger partial charge in [-0.1, -0.05) is 17.8 Å². The number of carbonyl (C=O) groups excluding carboxylic acids is 1. The van der Waals surface area contributed by atoms with Crippen LogP contribution in [0.3, 0.4) is 0 Å². The zero-order valence-corrected chi connectivity index (χ0v) is 15.3. The van der Waals surface area contributed by atoms with Gasteiger partial charge < -0.3 is 15.2 Å². The summed E-state index contributed by atoms with van der Waals surface area (Å²) in [6, 6.07) is 4.87. The third-order valence-electron chi connectivity index (χ3n) is 4.69. The fraction of sp³-hybridized carbons (Fsp3) is 0.389. The van der Waals surface area contributed by atoms with E-state index in [2.05, 4.69) is 15.3 Å². The predicted molar refractivity (Wildman–Crippen MR) is 95.3 cm³/mol. The highest BCUT2D eigenvalue weighted by molar-refractivity contribution is 7.98. The maximum Gasteiger partial charge on any atom is 0.290 e. The summed E-state index contributed by atoms with van der Waals surface area (Å²) in [4.78, 5) is 20.7. The summed E-state index contributed by atoms with van der Waals surface area (Å²) >= 11 is 1.20. The number of thioether (sulfide) groups is 1. The number of alkyl halides is 2. The summed E-state index contributed by atoms with van der Waals surface area (Å²) in [5.74, 6) is -2.98. The molecule has 27 heavy (non-hydrogen) atoms. The van der Waals surface area contributed by atoms with Crippen molar-refractivity contribution in [2.75, 3.05) is 19.4 Å². The van der Waals surface area contributed by atoms with Gasteiger partial charge in [-0.25, -0.2) is 9.97 Å². The lowest BCUT2D eigenvalue weighted by Crippen LogP contribution is -2.34. The average molecular weight is 393 g/mol. The molecule has 0 spiro atoms. The molecule has 0 fully saturated rings. The van der Waals surface area contributed by atoms with Gasteiger partial charge >= 0.3 is 0 Å². The number of ether oxygens (including phenoxy) is 1. The number of amides is 1. The number of aliphatic hydroxyl groups is 1. The SMILES string of the molecule is CSc1nc(-c2ccc3c(c2)OC(CO)CNC3=O)c2c(n1)C(F)(F)CC2. The number of nitrogens with one attached hydrogen (secondary N) is 1. The Morgan fingerprint density at radius 2 is 2.22 bits per heavy atom. The molecule has 1 aliphatic carbocycles. The number of nitrogens with zero attached hydrogens (tertiary/aromatic N) is 2. The van der Waals surface area contributed by atoms with Crippen molar-refractivity contribution >= 4 is 17.7 Å². The van der Waals surface area contributed by atoms with E-state index < -0.39 is 12.0 Å². The minimum Gasteiger partial charge on any atom is -0.485 e.